The van der Waals surface area contributed by atoms with Gasteiger partial charge in [-0.1, -0.05) is 11.6 Å². The average molecular weight is 297 g/mol. The number of nitro benzene ring substituents is 1. The number of ether oxygens (including phenoxy) is 1. The number of nitrogens with zero attached hydrogens (tertiary/aromatic N) is 1. The molecule has 0 bridgehead atoms. The van der Waals surface area contributed by atoms with Crippen molar-refractivity contribution in [1.29, 1.82) is 0 Å². The third-order valence-electron chi connectivity index (χ3n) is 2.59. The van der Waals surface area contributed by atoms with Gasteiger partial charge in [0.15, 0.2) is 0 Å². The van der Waals surface area contributed by atoms with Gasteiger partial charge in [-0.05, 0) is 29.8 Å². The van der Waals surface area contributed by atoms with Crippen LogP contribution < -0.4 is 10.5 Å². The lowest BCUT2D eigenvalue weighted by molar-refractivity contribution is -0.383. The van der Waals surface area contributed by atoms with E-state index in [-0.39, 0.29) is 23.0 Å². The summed E-state index contributed by atoms with van der Waals surface area (Å²) in [5.74, 6) is -0.267. The zero-order valence-electron chi connectivity index (χ0n) is 10.2. The van der Waals surface area contributed by atoms with Gasteiger partial charge in [0.05, 0.1) is 9.95 Å². The second-order valence-electron chi connectivity index (χ2n) is 4.01. The highest BCUT2D eigenvalue weighted by Gasteiger charge is 2.11. The van der Waals surface area contributed by atoms with E-state index < -0.39 is 10.7 Å². The van der Waals surface area contributed by atoms with Crippen LogP contribution in [0.5, 0.6) is 5.75 Å². The number of nitrogens with two attached hydrogens (primary N) is 1. The summed E-state index contributed by atoms with van der Waals surface area (Å²) in [6.07, 6.45) is 0. The van der Waals surface area contributed by atoms with Crippen molar-refractivity contribution in [3.63, 3.8) is 0 Å². The molecule has 5 nitrogen and oxygen atoms in total. The van der Waals surface area contributed by atoms with Crippen molar-refractivity contribution in [2.45, 2.75) is 6.61 Å². The summed E-state index contributed by atoms with van der Waals surface area (Å²) in [7, 11) is 0. The summed E-state index contributed by atoms with van der Waals surface area (Å²) in [6.45, 7) is 0.114. The molecule has 0 aromatic heterocycles. The smallest absolute Gasteiger partial charge is 0.292 e. The SMILES string of the molecule is Nc1cc(COc2ccc(Cl)c(F)c2)ccc1[N+](=O)[O-]. The monoisotopic (exact) mass is 296 g/mol. The van der Waals surface area contributed by atoms with E-state index in [0.717, 1.165) is 6.07 Å². The highest BCUT2D eigenvalue weighted by molar-refractivity contribution is 6.30. The molecular weight excluding hydrogens is 287 g/mol. The molecule has 0 atom stereocenters. The number of rotatable bonds is 4. The van der Waals surface area contributed by atoms with Crippen molar-refractivity contribution in [3.8, 4) is 5.75 Å². The third-order valence-corrected chi connectivity index (χ3v) is 2.89. The number of hydrogen-bond donors (Lipinski definition) is 1. The van der Waals surface area contributed by atoms with Gasteiger partial charge in [0, 0.05) is 12.1 Å². The van der Waals surface area contributed by atoms with E-state index >= 15 is 0 Å². The minimum Gasteiger partial charge on any atom is -0.489 e. The lowest BCUT2D eigenvalue weighted by Gasteiger charge is -2.07. The Hall–Kier alpha value is -2.34. The standard InChI is InChI=1S/C13H10ClFN2O3/c14-10-3-2-9(6-11(10)15)20-7-8-1-4-13(17(18)19)12(16)5-8/h1-6H,7,16H2. The number of hydrogen-bond acceptors (Lipinski definition) is 4. The first-order chi connectivity index (χ1) is 9.47. The molecule has 0 fully saturated rings. The van der Waals surface area contributed by atoms with E-state index in [2.05, 4.69) is 0 Å². The Balaban J connectivity index is 2.09. The van der Waals surface area contributed by atoms with E-state index in [0.29, 0.717) is 11.3 Å². The minimum absolute atomic E-state index is 0.0110. The summed E-state index contributed by atoms with van der Waals surface area (Å²) in [4.78, 5) is 10.1. The van der Waals surface area contributed by atoms with Crippen LogP contribution in [0.2, 0.25) is 5.02 Å². The van der Waals surface area contributed by atoms with Gasteiger partial charge in [-0.25, -0.2) is 4.39 Å². The fourth-order valence-electron chi connectivity index (χ4n) is 1.59. The van der Waals surface area contributed by atoms with Gasteiger partial charge >= 0.3 is 0 Å². The maximum Gasteiger partial charge on any atom is 0.292 e. The summed E-state index contributed by atoms with van der Waals surface area (Å²) in [5, 5.41) is 10.6. The third kappa shape index (κ3) is 3.16. The predicted octanol–water partition coefficient (Wildman–Crippen LogP) is 3.55. The van der Waals surface area contributed by atoms with Gasteiger partial charge < -0.3 is 10.5 Å². The molecule has 2 rings (SSSR count). The summed E-state index contributed by atoms with van der Waals surface area (Å²) in [5.41, 5.74) is 6.10. The number of nitro groups is 1. The summed E-state index contributed by atoms with van der Waals surface area (Å²) < 4.78 is 18.6. The Morgan fingerprint density at radius 1 is 1.30 bits per heavy atom. The van der Waals surface area contributed by atoms with Crippen LogP contribution in [0.25, 0.3) is 0 Å². The van der Waals surface area contributed by atoms with Gasteiger partial charge in [-0.2, -0.15) is 0 Å². The van der Waals surface area contributed by atoms with Gasteiger partial charge in [-0.15, -0.1) is 0 Å². The first-order valence-corrected chi connectivity index (χ1v) is 5.96. The molecule has 0 saturated heterocycles. The van der Waals surface area contributed by atoms with Gasteiger partial charge in [-0.3, -0.25) is 10.1 Å². The fourth-order valence-corrected chi connectivity index (χ4v) is 1.71. The molecule has 0 radical (unpaired) electrons. The van der Waals surface area contributed by atoms with Crippen LogP contribution in [0.15, 0.2) is 36.4 Å². The molecule has 2 N–H and O–H groups in total. The molecule has 0 heterocycles. The Morgan fingerprint density at radius 3 is 2.65 bits per heavy atom. The quantitative estimate of drug-likeness (QED) is 0.531. The van der Waals surface area contributed by atoms with Crippen LogP contribution in [0.4, 0.5) is 15.8 Å². The maximum absolute atomic E-state index is 13.2. The van der Waals surface area contributed by atoms with Gasteiger partial charge in [0.1, 0.15) is 23.9 Å². The van der Waals surface area contributed by atoms with Gasteiger partial charge in [0.25, 0.3) is 5.69 Å². The minimum atomic E-state index is -0.576. The van der Waals surface area contributed by atoms with E-state index in [4.69, 9.17) is 22.1 Å². The highest BCUT2D eigenvalue weighted by atomic mass is 35.5. The predicted molar refractivity (Wildman–Crippen MR) is 73.3 cm³/mol. The lowest BCUT2D eigenvalue weighted by atomic mass is 10.2. The number of anilines is 1. The second kappa shape index (κ2) is 5.75. The molecule has 20 heavy (non-hydrogen) atoms. The van der Waals surface area contributed by atoms with Crippen molar-refractivity contribution >= 4 is 23.0 Å². The largest absolute Gasteiger partial charge is 0.489 e. The van der Waals surface area contributed by atoms with Crippen molar-refractivity contribution in [1.82, 2.24) is 0 Å². The molecule has 0 amide bonds. The molecule has 0 saturated carbocycles. The Bertz CT molecular complexity index is 664. The molecule has 2 aromatic rings. The van der Waals surface area contributed by atoms with Crippen molar-refractivity contribution in [2.24, 2.45) is 0 Å². The number of nitrogen functional groups attached to an aromatic ring is 1. The normalized spacial score (nSPS) is 10.3. The number of halogens is 2. The van der Waals surface area contributed by atoms with Gasteiger partial charge in [0.2, 0.25) is 0 Å². The fraction of sp³-hybridized carbons (Fsp3) is 0.0769. The Labute approximate surface area is 118 Å². The van der Waals surface area contributed by atoms with E-state index in [1.165, 1.54) is 30.3 Å². The zero-order chi connectivity index (χ0) is 14.7. The van der Waals surface area contributed by atoms with Crippen LogP contribution in [-0.2, 0) is 6.61 Å². The van der Waals surface area contributed by atoms with Crippen LogP contribution in [-0.4, -0.2) is 4.92 Å². The summed E-state index contributed by atoms with van der Waals surface area (Å²) >= 11 is 5.55. The molecule has 2 aromatic carbocycles. The highest BCUT2D eigenvalue weighted by Crippen LogP contribution is 2.24. The molecule has 0 aliphatic carbocycles. The lowest BCUT2D eigenvalue weighted by Crippen LogP contribution is -2.00. The van der Waals surface area contributed by atoms with Crippen LogP contribution in [0, 0.1) is 15.9 Å². The van der Waals surface area contributed by atoms with Crippen LogP contribution >= 0.6 is 11.6 Å². The molecular formula is C13H10ClFN2O3. The van der Waals surface area contributed by atoms with Crippen LogP contribution in [0.1, 0.15) is 5.56 Å². The first kappa shape index (κ1) is 14.1. The van der Waals surface area contributed by atoms with Crippen molar-refractivity contribution in [2.75, 3.05) is 5.73 Å². The zero-order valence-corrected chi connectivity index (χ0v) is 10.9. The molecule has 104 valence electrons. The van der Waals surface area contributed by atoms with E-state index in [9.17, 15) is 14.5 Å². The topological polar surface area (TPSA) is 78.4 Å². The van der Waals surface area contributed by atoms with Crippen molar-refractivity contribution in [3.05, 3.63) is 62.9 Å². The molecule has 0 aliphatic heterocycles. The van der Waals surface area contributed by atoms with Crippen LogP contribution in [0.3, 0.4) is 0 Å². The van der Waals surface area contributed by atoms with E-state index in [1.807, 2.05) is 0 Å². The van der Waals surface area contributed by atoms with Crippen molar-refractivity contribution < 1.29 is 14.1 Å². The Morgan fingerprint density at radius 2 is 2.05 bits per heavy atom. The second-order valence-corrected chi connectivity index (χ2v) is 4.42. The molecule has 7 heteroatoms. The maximum atomic E-state index is 13.2. The number of benzene rings is 2. The first-order valence-electron chi connectivity index (χ1n) is 5.58. The molecule has 0 aliphatic rings. The summed E-state index contributed by atoms with van der Waals surface area (Å²) in [6, 6.07) is 8.36. The average Bonchev–Trinajstić information content (AvgIpc) is 2.40. The van der Waals surface area contributed by atoms with E-state index in [1.54, 1.807) is 0 Å². The molecule has 0 spiro atoms. The molecule has 0 unspecified atom stereocenters. The Kier molecular flexibility index (Phi) is 4.05.